The molecule has 2 nitrogen and oxygen atoms in total. The molecule has 11 heavy (non-hydrogen) atoms. The van der Waals surface area contributed by atoms with Crippen molar-refractivity contribution in [2.24, 2.45) is 0 Å². The van der Waals surface area contributed by atoms with Crippen LogP contribution < -0.4 is 0 Å². The van der Waals surface area contributed by atoms with E-state index in [-0.39, 0.29) is 5.75 Å². The van der Waals surface area contributed by atoms with Crippen molar-refractivity contribution in [2.45, 2.75) is 0 Å². The molecule has 0 radical (unpaired) electrons. The molecule has 0 fully saturated rings. The first-order valence-electron chi connectivity index (χ1n) is 2.99. The van der Waals surface area contributed by atoms with Crippen LogP contribution in [-0.2, 0) is 0 Å². The number of aromatic nitrogens is 1. The van der Waals surface area contributed by atoms with Gasteiger partial charge >= 0.3 is 0 Å². The first kappa shape index (κ1) is 6.88. The van der Waals surface area contributed by atoms with Crippen molar-refractivity contribution in [1.82, 2.24) is 4.98 Å². The smallest absolute Gasteiger partial charge is 0.142 e. The lowest BCUT2D eigenvalue weighted by atomic mass is 10.3. The largest absolute Gasteiger partial charge is 0.506 e. The Morgan fingerprint density at radius 1 is 1.45 bits per heavy atom. The van der Waals surface area contributed by atoms with Gasteiger partial charge < -0.3 is 5.11 Å². The van der Waals surface area contributed by atoms with Gasteiger partial charge in [-0.1, -0.05) is 11.6 Å². The van der Waals surface area contributed by atoms with E-state index in [2.05, 4.69) is 4.98 Å². The molecule has 56 valence electrons. The van der Waals surface area contributed by atoms with Crippen LogP contribution in [0.25, 0.3) is 10.2 Å². The zero-order chi connectivity index (χ0) is 7.84. The van der Waals surface area contributed by atoms with Gasteiger partial charge in [0.25, 0.3) is 0 Å². The van der Waals surface area contributed by atoms with Crippen LogP contribution in [0.2, 0.25) is 5.02 Å². The van der Waals surface area contributed by atoms with Crippen molar-refractivity contribution in [3.05, 3.63) is 22.7 Å². The maximum absolute atomic E-state index is 9.27. The monoisotopic (exact) mass is 185 g/mol. The molecule has 0 unspecified atom stereocenters. The Morgan fingerprint density at radius 3 is 3.00 bits per heavy atom. The molecule has 0 aliphatic carbocycles. The first-order chi connectivity index (χ1) is 5.29. The van der Waals surface area contributed by atoms with Crippen molar-refractivity contribution >= 4 is 33.2 Å². The lowest BCUT2D eigenvalue weighted by Gasteiger charge is -1.93. The van der Waals surface area contributed by atoms with Crippen molar-refractivity contribution in [3.8, 4) is 5.75 Å². The van der Waals surface area contributed by atoms with Gasteiger partial charge in [-0.15, -0.1) is 11.3 Å². The van der Waals surface area contributed by atoms with E-state index in [1.807, 2.05) is 0 Å². The van der Waals surface area contributed by atoms with Gasteiger partial charge in [0.05, 0.1) is 15.2 Å². The zero-order valence-corrected chi connectivity index (χ0v) is 6.99. The van der Waals surface area contributed by atoms with Crippen molar-refractivity contribution in [3.63, 3.8) is 0 Å². The molecule has 0 bridgehead atoms. The fourth-order valence-electron chi connectivity index (χ4n) is 0.905. The number of thiazole rings is 1. The molecule has 0 saturated carbocycles. The third kappa shape index (κ3) is 0.968. The van der Waals surface area contributed by atoms with E-state index in [1.54, 1.807) is 17.6 Å². The van der Waals surface area contributed by atoms with Crippen LogP contribution in [0.4, 0.5) is 0 Å². The van der Waals surface area contributed by atoms with Gasteiger partial charge in [-0.3, -0.25) is 0 Å². The van der Waals surface area contributed by atoms with Crippen molar-refractivity contribution in [2.75, 3.05) is 0 Å². The van der Waals surface area contributed by atoms with Crippen LogP contribution in [0.15, 0.2) is 17.6 Å². The number of phenols is 1. The van der Waals surface area contributed by atoms with E-state index < -0.39 is 0 Å². The fraction of sp³-hybridized carbons (Fsp3) is 0. The second-order valence-corrected chi connectivity index (χ2v) is 3.36. The summed E-state index contributed by atoms with van der Waals surface area (Å²) in [7, 11) is 0. The Morgan fingerprint density at radius 2 is 2.27 bits per heavy atom. The first-order valence-corrected chi connectivity index (χ1v) is 4.25. The van der Waals surface area contributed by atoms with Gasteiger partial charge in [0.15, 0.2) is 0 Å². The number of benzene rings is 1. The number of halogens is 1. The van der Waals surface area contributed by atoms with Gasteiger partial charge in [-0.05, 0) is 12.1 Å². The molecule has 4 heteroatoms. The predicted octanol–water partition coefficient (Wildman–Crippen LogP) is 2.66. The van der Waals surface area contributed by atoms with E-state index in [0.717, 1.165) is 4.70 Å². The molecule has 1 N–H and O–H groups in total. The standard InChI is InChI=1S/C7H4ClNOS/c8-4-1-2-5(10)6-7(4)11-3-9-6/h1-3,10H. The molecule has 1 aromatic carbocycles. The summed E-state index contributed by atoms with van der Waals surface area (Å²) in [4.78, 5) is 3.96. The molecule has 0 spiro atoms. The SMILES string of the molecule is Oc1ccc(Cl)c2scnc12. The predicted molar refractivity (Wildman–Crippen MR) is 46.3 cm³/mol. The second kappa shape index (κ2) is 2.36. The van der Waals surface area contributed by atoms with E-state index in [9.17, 15) is 5.11 Å². The molecule has 2 rings (SSSR count). The molecule has 2 aromatic rings. The quantitative estimate of drug-likeness (QED) is 0.685. The summed E-state index contributed by atoms with van der Waals surface area (Å²) in [5.74, 6) is 0.186. The third-order valence-electron chi connectivity index (χ3n) is 1.41. The molecule has 0 amide bonds. The molecule has 0 saturated heterocycles. The van der Waals surface area contributed by atoms with Gasteiger partial charge in [-0.25, -0.2) is 4.98 Å². The van der Waals surface area contributed by atoms with Crippen LogP contribution in [0.1, 0.15) is 0 Å². The highest BCUT2D eigenvalue weighted by Crippen LogP contribution is 2.32. The van der Waals surface area contributed by atoms with Crippen LogP contribution >= 0.6 is 22.9 Å². The van der Waals surface area contributed by atoms with Gasteiger partial charge in [0.2, 0.25) is 0 Å². The molecule has 0 aliphatic heterocycles. The minimum absolute atomic E-state index is 0.186. The number of hydrogen-bond donors (Lipinski definition) is 1. The number of hydrogen-bond acceptors (Lipinski definition) is 3. The topological polar surface area (TPSA) is 33.1 Å². The molecule has 0 atom stereocenters. The third-order valence-corrected chi connectivity index (χ3v) is 2.70. The number of rotatable bonds is 0. The molecule has 1 heterocycles. The average molecular weight is 186 g/mol. The van der Waals surface area contributed by atoms with E-state index >= 15 is 0 Å². The fourth-order valence-corrected chi connectivity index (χ4v) is 1.90. The van der Waals surface area contributed by atoms with Gasteiger partial charge in [-0.2, -0.15) is 0 Å². The summed E-state index contributed by atoms with van der Waals surface area (Å²) in [5, 5.41) is 9.91. The summed E-state index contributed by atoms with van der Waals surface area (Å²) in [6.45, 7) is 0. The highest BCUT2D eigenvalue weighted by molar-refractivity contribution is 7.17. The zero-order valence-electron chi connectivity index (χ0n) is 5.41. The summed E-state index contributed by atoms with van der Waals surface area (Å²) >= 11 is 7.25. The lowest BCUT2D eigenvalue weighted by Crippen LogP contribution is -1.70. The van der Waals surface area contributed by atoms with E-state index in [0.29, 0.717) is 10.5 Å². The van der Waals surface area contributed by atoms with Crippen LogP contribution in [0.5, 0.6) is 5.75 Å². The van der Waals surface area contributed by atoms with Crippen LogP contribution in [0.3, 0.4) is 0 Å². The van der Waals surface area contributed by atoms with Crippen molar-refractivity contribution < 1.29 is 5.11 Å². The Bertz CT molecular complexity index is 362. The highest BCUT2D eigenvalue weighted by Gasteiger charge is 2.04. The van der Waals surface area contributed by atoms with Crippen molar-refractivity contribution in [1.29, 1.82) is 0 Å². The van der Waals surface area contributed by atoms with Crippen LogP contribution in [-0.4, -0.2) is 10.1 Å². The molecular formula is C7H4ClNOS. The number of nitrogens with zero attached hydrogens (tertiary/aromatic N) is 1. The van der Waals surface area contributed by atoms with E-state index in [1.165, 1.54) is 11.3 Å². The number of phenolic OH excluding ortho intramolecular Hbond substituents is 1. The normalized spacial score (nSPS) is 10.6. The van der Waals surface area contributed by atoms with E-state index in [4.69, 9.17) is 11.6 Å². The maximum Gasteiger partial charge on any atom is 0.142 e. The lowest BCUT2D eigenvalue weighted by molar-refractivity contribution is 0.480. The summed E-state index contributed by atoms with van der Waals surface area (Å²) in [6.07, 6.45) is 0. The van der Waals surface area contributed by atoms with Gasteiger partial charge in [0.1, 0.15) is 11.3 Å². The molecular weight excluding hydrogens is 182 g/mol. The average Bonchev–Trinajstić information content (AvgIpc) is 2.45. The number of aromatic hydroxyl groups is 1. The van der Waals surface area contributed by atoms with Gasteiger partial charge in [0, 0.05) is 0 Å². The Balaban J connectivity index is 2.96. The molecule has 0 aliphatic rings. The highest BCUT2D eigenvalue weighted by atomic mass is 35.5. The minimum atomic E-state index is 0.186. The second-order valence-electron chi connectivity index (χ2n) is 2.10. The van der Waals surface area contributed by atoms with Crippen LogP contribution in [0, 0.1) is 0 Å². The Hall–Kier alpha value is -0.800. The summed E-state index contributed by atoms with van der Waals surface area (Å²) in [6, 6.07) is 3.21. The Kier molecular flexibility index (Phi) is 1.47. The number of fused-ring (bicyclic) bond motifs is 1. The summed E-state index contributed by atoms with van der Waals surface area (Å²) in [5.41, 5.74) is 2.25. The maximum atomic E-state index is 9.27. The molecule has 1 aromatic heterocycles. The summed E-state index contributed by atoms with van der Waals surface area (Å²) < 4.78 is 0.840. The minimum Gasteiger partial charge on any atom is -0.506 e. The Labute approximate surface area is 72.1 Å².